The van der Waals surface area contributed by atoms with Gasteiger partial charge in [0.25, 0.3) is 8.32 Å². The molecule has 0 saturated carbocycles. The first kappa shape index (κ1) is 15.2. The van der Waals surface area contributed by atoms with Gasteiger partial charge in [-0.15, -0.1) is 11.8 Å². The summed E-state index contributed by atoms with van der Waals surface area (Å²) < 4.78 is 5.80. The summed E-state index contributed by atoms with van der Waals surface area (Å²) in [6, 6.07) is 10.3. The van der Waals surface area contributed by atoms with Gasteiger partial charge in [0.15, 0.2) is 0 Å². The molecule has 0 aliphatic carbocycles. The summed E-state index contributed by atoms with van der Waals surface area (Å²) >= 11 is 1.74. The quantitative estimate of drug-likeness (QED) is 0.448. The van der Waals surface area contributed by atoms with E-state index in [1.165, 1.54) is 4.90 Å². The topological polar surface area (TPSA) is 9.23 Å². The Balaban J connectivity index is 2.40. The molecule has 0 N–H and O–H groups in total. The Morgan fingerprint density at radius 3 is 2.33 bits per heavy atom. The lowest BCUT2D eigenvalue weighted by molar-refractivity contribution is 0.460. The SMILES string of the molecule is CC(C)(C)[Si](C)(C)OC#CCSc1ccccc1. The molecule has 0 bridgehead atoms. The van der Waals surface area contributed by atoms with Crippen LogP contribution in [0.4, 0.5) is 0 Å². The average Bonchev–Trinajstić information content (AvgIpc) is 2.28. The Bertz CT molecular complexity index is 423. The third kappa shape index (κ3) is 4.79. The second kappa shape index (κ2) is 6.35. The highest BCUT2D eigenvalue weighted by molar-refractivity contribution is 7.99. The monoisotopic (exact) mass is 278 g/mol. The molecule has 98 valence electrons. The maximum Gasteiger partial charge on any atom is 0.264 e. The molecule has 0 aromatic heterocycles. The third-order valence-corrected chi connectivity index (χ3v) is 8.36. The highest BCUT2D eigenvalue weighted by Crippen LogP contribution is 2.36. The summed E-state index contributed by atoms with van der Waals surface area (Å²) in [4.78, 5) is 1.25. The van der Waals surface area contributed by atoms with E-state index in [0.717, 1.165) is 5.75 Å². The molecule has 0 atom stereocenters. The van der Waals surface area contributed by atoms with Crippen molar-refractivity contribution in [2.45, 2.75) is 43.8 Å². The Morgan fingerprint density at radius 1 is 1.17 bits per heavy atom. The van der Waals surface area contributed by atoms with Gasteiger partial charge in [0.2, 0.25) is 0 Å². The van der Waals surface area contributed by atoms with Gasteiger partial charge in [-0.2, -0.15) is 0 Å². The summed E-state index contributed by atoms with van der Waals surface area (Å²) in [6.07, 6.45) is 2.89. The molecule has 0 aliphatic heterocycles. The first-order chi connectivity index (χ1) is 8.33. The van der Waals surface area contributed by atoms with Crippen molar-refractivity contribution in [2.24, 2.45) is 0 Å². The van der Waals surface area contributed by atoms with Crippen LogP contribution in [0.2, 0.25) is 18.1 Å². The van der Waals surface area contributed by atoms with Crippen LogP contribution < -0.4 is 0 Å². The first-order valence-corrected chi connectivity index (χ1v) is 10.1. The molecule has 1 aromatic carbocycles. The summed E-state index contributed by atoms with van der Waals surface area (Å²) in [6.45, 7) is 11.1. The zero-order valence-corrected chi connectivity index (χ0v) is 13.7. The fourth-order valence-corrected chi connectivity index (χ4v) is 2.26. The molecule has 18 heavy (non-hydrogen) atoms. The lowest BCUT2D eigenvalue weighted by atomic mass is 10.2. The van der Waals surface area contributed by atoms with E-state index < -0.39 is 8.32 Å². The van der Waals surface area contributed by atoms with Crippen molar-refractivity contribution in [3.8, 4) is 12.0 Å². The van der Waals surface area contributed by atoms with Crippen LogP contribution in [0.3, 0.4) is 0 Å². The van der Waals surface area contributed by atoms with Gasteiger partial charge in [-0.3, -0.25) is 0 Å². The Labute approximate surface area is 116 Å². The first-order valence-electron chi connectivity index (χ1n) is 6.17. The lowest BCUT2D eigenvalue weighted by Gasteiger charge is -2.33. The Hall–Kier alpha value is -0.853. The van der Waals surface area contributed by atoms with Gasteiger partial charge in [-0.05, 0) is 36.2 Å². The molecule has 0 heterocycles. The van der Waals surface area contributed by atoms with Crippen molar-refractivity contribution in [3.05, 3.63) is 30.3 Å². The summed E-state index contributed by atoms with van der Waals surface area (Å²) in [5.74, 6) is 3.86. The van der Waals surface area contributed by atoms with Crippen LogP contribution in [0, 0.1) is 12.0 Å². The zero-order valence-electron chi connectivity index (χ0n) is 11.9. The van der Waals surface area contributed by atoms with Gasteiger partial charge >= 0.3 is 0 Å². The van der Waals surface area contributed by atoms with Crippen LogP contribution in [-0.4, -0.2) is 14.1 Å². The Morgan fingerprint density at radius 2 is 1.78 bits per heavy atom. The van der Waals surface area contributed by atoms with Crippen molar-refractivity contribution in [1.29, 1.82) is 0 Å². The Kier molecular flexibility index (Phi) is 5.37. The molecule has 0 aliphatic rings. The summed E-state index contributed by atoms with van der Waals surface area (Å²) in [5.41, 5.74) is 0. The van der Waals surface area contributed by atoms with E-state index in [9.17, 15) is 0 Å². The van der Waals surface area contributed by atoms with Crippen molar-refractivity contribution >= 4 is 20.1 Å². The molecule has 0 spiro atoms. The molecule has 3 heteroatoms. The fourth-order valence-electron chi connectivity index (χ4n) is 0.982. The van der Waals surface area contributed by atoms with E-state index in [2.05, 4.69) is 58.0 Å². The molecule has 1 rings (SSSR count). The third-order valence-electron chi connectivity index (χ3n) is 3.24. The molecular formula is C15H22OSSi. The van der Waals surface area contributed by atoms with Gasteiger partial charge in [0.05, 0.1) is 11.9 Å². The largest absolute Gasteiger partial charge is 0.500 e. The summed E-state index contributed by atoms with van der Waals surface area (Å²) in [5, 5.41) is 0.217. The number of rotatable bonds is 3. The van der Waals surface area contributed by atoms with Gasteiger partial charge in [0.1, 0.15) is 0 Å². The molecule has 0 amide bonds. The molecule has 0 fully saturated rings. The second-order valence-electron chi connectivity index (χ2n) is 5.74. The molecule has 0 unspecified atom stereocenters. The average molecular weight is 278 g/mol. The van der Waals surface area contributed by atoms with E-state index >= 15 is 0 Å². The van der Waals surface area contributed by atoms with Gasteiger partial charge in [0, 0.05) is 4.90 Å². The van der Waals surface area contributed by atoms with Crippen LogP contribution in [0.5, 0.6) is 0 Å². The number of hydrogen-bond acceptors (Lipinski definition) is 2. The van der Waals surface area contributed by atoms with Gasteiger partial charge < -0.3 is 4.43 Å². The molecule has 0 radical (unpaired) electrons. The van der Waals surface area contributed by atoms with Crippen molar-refractivity contribution < 1.29 is 4.43 Å². The maximum absolute atomic E-state index is 5.80. The normalized spacial score (nSPS) is 11.6. The second-order valence-corrected chi connectivity index (χ2v) is 11.5. The minimum Gasteiger partial charge on any atom is -0.500 e. The number of thioether (sulfide) groups is 1. The molecule has 0 saturated heterocycles. The lowest BCUT2D eigenvalue weighted by Crippen LogP contribution is -2.39. The van der Waals surface area contributed by atoms with Crippen molar-refractivity contribution in [3.63, 3.8) is 0 Å². The van der Waals surface area contributed by atoms with Crippen LogP contribution in [-0.2, 0) is 4.43 Å². The van der Waals surface area contributed by atoms with E-state index in [-0.39, 0.29) is 5.04 Å². The highest BCUT2D eigenvalue weighted by Gasteiger charge is 2.38. The van der Waals surface area contributed by atoms with E-state index in [1.54, 1.807) is 11.8 Å². The van der Waals surface area contributed by atoms with E-state index in [0.29, 0.717) is 0 Å². The predicted molar refractivity (Wildman–Crippen MR) is 83.2 cm³/mol. The highest BCUT2D eigenvalue weighted by atomic mass is 32.2. The van der Waals surface area contributed by atoms with Crippen LogP contribution in [0.15, 0.2) is 35.2 Å². The van der Waals surface area contributed by atoms with Crippen LogP contribution in [0.25, 0.3) is 0 Å². The number of hydrogen-bond donors (Lipinski definition) is 0. The smallest absolute Gasteiger partial charge is 0.264 e. The maximum atomic E-state index is 5.80. The van der Waals surface area contributed by atoms with Gasteiger partial charge in [-0.25, -0.2) is 0 Å². The number of benzene rings is 1. The van der Waals surface area contributed by atoms with E-state index in [4.69, 9.17) is 4.43 Å². The minimum absolute atomic E-state index is 0.217. The van der Waals surface area contributed by atoms with Crippen molar-refractivity contribution in [2.75, 3.05) is 5.75 Å². The van der Waals surface area contributed by atoms with E-state index in [1.807, 2.05) is 18.2 Å². The fraction of sp³-hybridized carbons (Fsp3) is 0.467. The standard InChI is InChI=1S/C15H22OSSi/c1-15(2,3)18(4,5)16-12-9-13-17-14-10-7-6-8-11-14/h6-8,10-11H,13H2,1-5H3. The predicted octanol–water partition coefficient (Wildman–Crippen LogP) is 4.76. The summed E-state index contributed by atoms with van der Waals surface area (Å²) in [7, 11) is -1.72. The van der Waals surface area contributed by atoms with Crippen LogP contribution in [0.1, 0.15) is 20.8 Å². The molecule has 1 aromatic rings. The minimum atomic E-state index is -1.72. The molecular weight excluding hydrogens is 256 g/mol. The van der Waals surface area contributed by atoms with Gasteiger partial charge in [-0.1, -0.05) is 39.0 Å². The van der Waals surface area contributed by atoms with Crippen molar-refractivity contribution in [1.82, 2.24) is 0 Å². The zero-order chi connectivity index (χ0) is 13.6. The van der Waals surface area contributed by atoms with Crippen LogP contribution >= 0.6 is 11.8 Å². The molecule has 1 nitrogen and oxygen atoms in total.